The maximum absolute atomic E-state index is 3.59. The van der Waals surface area contributed by atoms with Gasteiger partial charge in [0, 0.05) is 20.0 Å². The second kappa shape index (κ2) is 11.1. The molecular formula is C16H24Br3N. The van der Waals surface area contributed by atoms with Gasteiger partial charge >= 0.3 is 0 Å². The zero-order valence-corrected chi connectivity index (χ0v) is 16.9. The molecule has 0 saturated heterocycles. The highest BCUT2D eigenvalue weighted by molar-refractivity contribution is 9.11. The molecule has 0 amide bonds. The molecule has 20 heavy (non-hydrogen) atoms. The Morgan fingerprint density at radius 2 is 1.30 bits per heavy atom. The van der Waals surface area contributed by atoms with Crippen molar-refractivity contribution >= 4 is 53.5 Å². The molecule has 0 spiro atoms. The van der Waals surface area contributed by atoms with Gasteiger partial charge in [-0.2, -0.15) is 0 Å². The van der Waals surface area contributed by atoms with Crippen molar-refractivity contribution in [2.75, 3.05) is 11.9 Å². The van der Waals surface area contributed by atoms with E-state index in [9.17, 15) is 0 Å². The average molecular weight is 470 g/mol. The average Bonchev–Trinajstić information content (AvgIpc) is 2.39. The molecule has 1 rings (SSSR count). The standard InChI is InChI=1S/C16H24Br3N/c1-2-3-4-5-6-7-8-9-10-20-16-14(18)11-13(17)12-15(16)19/h11-12,20H,2-10H2,1H3. The zero-order valence-electron chi connectivity index (χ0n) is 12.2. The number of nitrogens with one attached hydrogen (secondary N) is 1. The summed E-state index contributed by atoms with van der Waals surface area (Å²) < 4.78 is 3.27. The molecular weight excluding hydrogens is 446 g/mol. The van der Waals surface area contributed by atoms with Crippen molar-refractivity contribution in [2.45, 2.75) is 58.3 Å². The van der Waals surface area contributed by atoms with Crippen LogP contribution in [0, 0.1) is 0 Å². The van der Waals surface area contributed by atoms with E-state index in [4.69, 9.17) is 0 Å². The molecule has 1 nitrogen and oxygen atoms in total. The van der Waals surface area contributed by atoms with Gasteiger partial charge in [-0.3, -0.25) is 0 Å². The Balaban J connectivity index is 2.13. The summed E-state index contributed by atoms with van der Waals surface area (Å²) in [5.74, 6) is 0. The molecule has 0 aliphatic rings. The molecule has 0 bridgehead atoms. The molecule has 1 N–H and O–H groups in total. The van der Waals surface area contributed by atoms with Gasteiger partial charge in [0.25, 0.3) is 0 Å². The summed E-state index contributed by atoms with van der Waals surface area (Å²) in [6.45, 7) is 3.30. The van der Waals surface area contributed by atoms with Crippen LogP contribution >= 0.6 is 47.8 Å². The van der Waals surface area contributed by atoms with Crippen molar-refractivity contribution in [1.29, 1.82) is 0 Å². The molecule has 0 aliphatic carbocycles. The second-order valence-electron chi connectivity index (χ2n) is 5.15. The van der Waals surface area contributed by atoms with Crippen LogP contribution in [0.4, 0.5) is 5.69 Å². The lowest BCUT2D eigenvalue weighted by Crippen LogP contribution is -2.03. The molecule has 0 fully saturated rings. The van der Waals surface area contributed by atoms with Gasteiger partial charge in [-0.15, -0.1) is 0 Å². The van der Waals surface area contributed by atoms with Crippen LogP contribution in [0.5, 0.6) is 0 Å². The summed E-state index contributed by atoms with van der Waals surface area (Å²) in [7, 11) is 0. The fourth-order valence-corrected chi connectivity index (χ4v) is 4.72. The minimum absolute atomic E-state index is 1.04. The van der Waals surface area contributed by atoms with E-state index in [1.807, 2.05) is 0 Å². The van der Waals surface area contributed by atoms with Crippen LogP contribution < -0.4 is 5.32 Å². The lowest BCUT2D eigenvalue weighted by molar-refractivity contribution is 0.581. The summed E-state index contributed by atoms with van der Waals surface area (Å²) in [6, 6.07) is 4.14. The lowest BCUT2D eigenvalue weighted by Gasteiger charge is -2.11. The van der Waals surface area contributed by atoms with Crippen LogP contribution in [0.3, 0.4) is 0 Å². The molecule has 0 atom stereocenters. The quantitative estimate of drug-likeness (QED) is 0.349. The van der Waals surface area contributed by atoms with Crippen molar-refractivity contribution in [3.63, 3.8) is 0 Å². The van der Waals surface area contributed by atoms with E-state index in [1.54, 1.807) is 0 Å². The molecule has 0 heterocycles. The van der Waals surface area contributed by atoms with E-state index < -0.39 is 0 Å². The Bertz CT molecular complexity index is 370. The number of halogens is 3. The fraction of sp³-hybridized carbons (Fsp3) is 0.625. The van der Waals surface area contributed by atoms with Gasteiger partial charge in [-0.25, -0.2) is 0 Å². The monoisotopic (exact) mass is 467 g/mol. The molecule has 4 heteroatoms. The highest BCUT2D eigenvalue weighted by Gasteiger charge is 2.05. The number of benzene rings is 1. The normalized spacial score (nSPS) is 10.8. The van der Waals surface area contributed by atoms with Crippen LogP contribution in [-0.2, 0) is 0 Å². The van der Waals surface area contributed by atoms with Crippen LogP contribution in [0.25, 0.3) is 0 Å². The maximum Gasteiger partial charge on any atom is 0.0629 e. The fourth-order valence-electron chi connectivity index (χ4n) is 2.18. The molecule has 114 valence electrons. The first-order chi connectivity index (χ1) is 9.65. The maximum atomic E-state index is 3.59. The van der Waals surface area contributed by atoms with Crippen LogP contribution in [0.15, 0.2) is 25.6 Å². The van der Waals surface area contributed by atoms with Gasteiger partial charge in [-0.1, -0.05) is 67.8 Å². The van der Waals surface area contributed by atoms with Gasteiger partial charge in [0.15, 0.2) is 0 Å². The Morgan fingerprint density at radius 1 is 0.800 bits per heavy atom. The summed E-state index contributed by atoms with van der Waals surface area (Å²) >= 11 is 10.7. The highest BCUT2D eigenvalue weighted by atomic mass is 79.9. The highest BCUT2D eigenvalue weighted by Crippen LogP contribution is 2.34. The zero-order chi connectivity index (χ0) is 14.8. The van der Waals surface area contributed by atoms with Crippen molar-refractivity contribution in [1.82, 2.24) is 0 Å². The van der Waals surface area contributed by atoms with Crippen molar-refractivity contribution in [2.24, 2.45) is 0 Å². The summed E-state index contributed by atoms with van der Waals surface area (Å²) in [5, 5.41) is 3.51. The predicted molar refractivity (Wildman–Crippen MR) is 101 cm³/mol. The smallest absolute Gasteiger partial charge is 0.0629 e. The van der Waals surface area contributed by atoms with E-state index in [1.165, 1.54) is 51.4 Å². The van der Waals surface area contributed by atoms with Gasteiger partial charge < -0.3 is 5.32 Å². The van der Waals surface area contributed by atoms with Crippen LogP contribution in [0.1, 0.15) is 58.3 Å². The van der Waals surface area contributed by atoms with E-state index in [0.717, 1.165) is 25.7 Å². The number of hydrogen-bond acceptors (Lipinski definition) is 1. The molecule has 0 aromatic heterocycles. The Kier molecular flexibility index (Phi) is 10.3. The first-order valence-electron chi connectivity index (χ1n) is 7.53. The number of hydrogen-bond donors (Lipinski definition) is 1. The molecule has 1 aromatic carbocycles. The van der Waals surface area contributed by atoms with Gasteiger partial charge in [0.05, 0.1) is 5.69 Å². The molecule has 0 aliphatic heterocycles. The summed E-state index contributed by atoms with van der Waals surface area (Å²) in [5.41, 5.74) is 1.15. The number of unbranched alkanes of at least 4 members (excludes halogenated alkanes) is 7. The third-order valence-electron chi connectivity index (χ3n) is 3.34. The summed E-state index contributed by atoms with van der Waals surface area (Å²) in [6.07, 6.45) is 10.9. The third kappa shape index (κ3) is 7.46. The summed E-state index contributed by atoms with van der Waals surface area (Å²) in [4.78, 5) is 0. The van der Waals surface area contributed by atoms with Gasteiger partial charge in [0.2, 0.25) is 0 Å². The van der Waals surface area contributed by atoms with Crippen molar-refractivity contribution in [3.8, 4) is 0 Å². The minimum atomic E-state index is 1.04. The second-order valence-corrected chi connectivity index (χ2v) is 7.77. The Morgan fingerprint density at radius 3 is 1.85 bits per heavy atom. The van der Waals surface area contributed by atoms with Crippen molar-refractivity contribution < 1.29 is 0 Å². The number of anilines is 1. The first kappa shape index (κ1) is 18.5. The topological polar surface area (TPSA) is 12.0 Å². The molecule has 0 radical (unpaired) electrons. The Labute approximate surface area is 148 Å². The van der Waals surface area contributed by atoms with Gasteiger partial charge in [-0.05, 0) is 50.4 Å². The molecule has 1 aromatic rings. The minimum Gasteiger partial charge on any atom is -0.383 e. The first-order valence-corrected chi connectivity index (χ1v) is 9.91. The molecule has 0 saturated carbocycles. The predicted octanol–water partition coefficient (Wildman–Crippen LogP) is 7.53. The van der Waals surface area contributed by atoms with E-state index in [0.29, 0.717) is 0 Å². The third-order valence-corrected chi connectivity index (χ3v) is 5.05. The van der Waals surface area contributed by atoms with Crippen molar-refractivity contribution in [3.05, 3.63) is 25.6 Å². The molecule has 0 unspecified atom stereocenters. The number of rotatable bonds is 10. The largest absolute Gasteiger partial charge is 0.383 e. The van der Waals surface area contributed by atoms with E-state index in [-0.39, 0.29) is 0 Å². The lowest BCUT2D eigenvalue weighted by atomic mass is 10.1. The van der Waals surface area contributed by atoms with Crippen LogP contribution in [0.2, 0.25) is 0 Å². The van der Waals surface area contributed by atoms with Crippen LogP contribution in [-0.4, -0.2) is 6.54 Å². The SMILES string of the molecule is CCCCCCCCCCNc1c(Br)cc(Br)cc1Br. The Hall–Kier alpha value is 0.460. The van der Waals surface area contributed by atoms with E-state index >= 15 is 0 Å². The van der Waals surface area contributed by atoms with E-state index in [2.05, 4.69) is 72.2 Å². The van der Waals surface area contributed by atoms with Gasteiger partial charge in [0.1, 0.15) is 0 Å².